The van der Waals surface area contributed by atoms with Gasteiger partial charge in [-0.3, -0.25) is 19.4 Å². The molecule has 0 aromatic rings. The van der Waals surface area contributed by atoms with Gasteiger partial charge in [0, 0.05) is 25.2 Å². The molecule has 0 saturated carbocycles. The van der Waals surface area contributed by atoms with E-state index in [1.165, 1.54) is 0 Å². The molecule has 2 saturated heterocycles. The van der Waals surface area contributed by atoms with Gasteiger partial charge in [-0.2, -0.15) is 0 Å². The molecule has 2 aliphatic heterocycles. The minimum atomic E-state index is -0.689. The van der Waals surface area contributed by atoms with Crippen molar-refractivity contribution >= 4 is 11.9 Å². The molecule has 2 fully saturated rings. The van der Waals surface area contributed by atoms with Gasteiger partial charge >= 0.3 is 5.97 Å². The average molecular weight is 297 g/mol. The zero-order valence-electron chi connectivity index (χ0n) is 13.0. The Kier molecular flexibility index (Phi) is 5.58. The lowest BCUT2D eigenvalue weighted by Gasteiger charge is -2.38. The summed E-state index contributed by atoms with van der Waals surface area (Å²) in [5, 5.41) is 12.2. The van der Waals surface area contributed by atoms with Gasteiger partial charge in [-0.1, -0.05) is 0 Å². The number of hydrogen-bond donors (Lipinski definition) is 2. The van der Waals surface area contributed by atoms with Gasteiger partial charge in [0.15, 0.2) is 0 Å². The molecule has 6 nitrogen and oxygen atoms in total. The molecule has 0 radical (unpaired) electrons. The molecule has 21 heavy (non-hydrogen) atoms. The van der Waals surface area contributed by atoms with E-state index in [-0.39, 0.29) is 18.0 Å². The van der Waals surface area contributed by atoms with E-state index in [1.807, 2.05) is 13.8 Å². The van der Waals surface area contributed by atoms with Crippen molar-refractivity contribution < 1.29 is 14.7 Å². The van der Waals surface area contributed by atoms with Gasteiger partial charge in [0.05, 0.1) is 6.54 Å². The topological polar surface area (TPSA) is 72.9 Å². The Morgan fingerprint density at radius 3 is 2.43 bits per heavy atom. The van der Waals surface area contributed by atoms with E-state index in [1.54, 1.807) is 0 Å². The van der Waals surface area contributed by atoms with Gasteiger partial charge in [0.2, 0.25) is 5.91 Å². The van der Waals surface area contributed by atoms with Crippen molar-refractivity contribution in [2.24, 2.45) is 0 Å². The molecule has 1 amide bonds. The Balaban J connectivity index is 1.78. The summed E-state index contributed by atoms with van der Waals surface area (Å²) >= 11 is 0. The maximum Gasteiger partial charge on any atom is 0.320 e. The van der Waals surface area contributed by atoms with Crippen LogP contribution in [0.1, 0.15) is 39.5 Å². The second kappa shape index (κ2) is 7.22. The Labute approximate surface area is 126 Å². The van der Waals surface area contributed by atoms with Gasteiger partial charge in [-0.25, -0.2) is 0 Å². The third-order valence-electron chi connectivity index (χ3n) is 4.42. The fourth-order valence-electron chi connectivity index (χ4n) is 3.47. The van der Waals surface area contributed by atoms with Crippen LogP contribution in [0.4, 0.5) is 0 Å². The number of carboxylic acids is 1. The summed E-state index contributed by atoms with van der Waals surface area (Å²) in [4.78, 5) is 27.3. The quantitative estimate of drug-likeness (QED) is 0.774. The molecular formula is C15H27N3O3. The number of carboxylic acid groups (broad SMARTS) is 1. The standard InChI is InChI=1S/C15H27N3O3/c1-11(2)16-14(19)10-17-8-5-12(6-9-17)18-7-3-4-13(18)15(20)21/h11-13H,3-10H2,1-2H3,(H,16,19)(H,20,21). The highest BCUT2D eigenvalue weighted by atomic mass is 16.4. The second-order valence-electron chi connectivity index (χ2n) is 6.46. The molecule has 0 aliphatic carbocycles. The van der Waals surface area contributed by atoms with Crippen LogP contribution < -0.4 is 5.32 Å². The van der Waals surface area contributed by atoms with Crippen molar-refractivity contribution in [3.8, 4) is 0 Å². The molecule has 2 aliphatic rings. The highest BCUT2D eigenvalue weighted by Crippen LogP contribution is 2.26. The molecule has 2 heterocycles. The van der Waals surface area contributed by atoms with Crippen molar-refractivity contribution in [2.75, 3.05) is 26.2 Å². The van der Waals surface area contributed by atoms with Crippen LogP contribution >= 0.6 is 0 Å². The number of carbonyl (C=O) groups is 2. The van der Waals surface area contributed by atoms with Gasteiger partial charge < -0.3 is 10.4 Å². The highest BCUT2D eigenvalue weighted by molar-refractivity contribution is 5.78. The maximum atomic E-state index is 11.8. The molecule has 0 bridgehead atoms. The second-order valence-corrected chi connectivity index (χ2v) is 6.46. The van der Waals surface area contributed by atoms with Gasteiger partial charge in [-0.15, -0.1) is 0 Å². The van der Waals surface area contributed by atoms with Crippen LogP contribution in [0.25, 0.3) is 0 Å². The minimum absolute atomic E-state index is 0.0769. The van der Waals surface area contributed by atoms with E-state index in [4.69, 9.17) is 0 Å². The molecule has 1 unspecified atom stereocenters. The predicted molar refractivity (Wildman–Crippen MR) is 80.1 cm³/mol. The molecule has 2 N–H and O–H groups in total. The fraction of sp³-hybridized carbons (Fsp3) is 0.867. The summed E-state index contributed by atoms with van der Waals surface area (Å²) in [6, 6.07) is 0.236. The van der Waals surface area contributed by atoms with Gasteiger partial charge in [0.25, 0.3) is 0 Å². The summed E-state index contributed by atoms with van der Waals surface area (Å²) in [5.74, 6) is -0.612. The molecule has 0 aromatic heterocycles. The zero-order chi connectivity index (χ0) is 15.4. The summed E-state index contributed by atoms with van der Waals surface area (Å²) in [6.45, 7) is 7.02. The summed E-state index contributed by atoms with van der Waals surface area (Å²) in [5.41, 5.74) is 0. The minimum Gasteiger partial charge on any atom is -0.480 e. The molecule has 0 aromatic carbocycles. The lowest BCUT2D eigenvalue weighted by atomic mass is 10.0. The largest absolute Gasteiger partial charge is 0.480 e. The van der Waals surface area contributed by atoms with Crippen LogP contribution in [0.5, 0.6) is 0 Å². The number of aliphatic carboxylic acids is 1. The first-order valence-corrected chi connectivity index (χ1v) is 7.97. The smallest absolute Gasteiger partial charge is 0.320 e. The van der Waals surface area contributed by atoms with Crippen LogP contribution in [-0.4, -0.2) is 71.1 Å². The molecule has 120 valence electrons. The Morgan fingerprint density at radius 1 is 1.19 bits per heavy atom. The Hall–Kier alpha value is -1.14. The summed E-state index contributed by atoms with van der Waals surface area (Å²) < 4.78 is 0. The van der Waals surface area contributed by atoms with E-state index < -0.39 is 5.97 Å². The Bertz CT molecular complexity index is 378. The number of carbonyl (C=O) groups excluding carboxylic acids is 1. The third-order valence-corrected chi connectivity index (χ3v) is 4.42. The first-order valence-electron chi connectivity index (χ1n) is 7.97. The van der Waals surface area contributed by atoms with E-state index in [9.17, 15) is 14.7 Å². The van der Waals surface area contributed by atoms with Crippen LogP contribution in [0.2, 0.25) is 0 Å². The van der Waals surface area contributed by atoms with Gasteiger partial charge in [0.1, 0.15) is 6.04 Å². The van der Waals surface area contributed by atoms with E-state index >= 15 is 0 Å². The number of nitrogens with zero attached hydrogens (tertiary/aromatic N) is 2. The van der Waals surface area contributed by atoms with Crippen molar-refractivity contribution in [1.29, 1.82) is 0 Å². The first kappa shape index (κ1) is 16.2. The van der Waals surface area contributed by atoms with Gasteiger partial charge in [-0.05, 0) is 46.1 Å². The average Bonchev–Trinajstić information content (AvgIpc) is 2.88. The lowest BCUT2D eigenvalue weighted by Crippen LogP contribution is -2.50. The number of hydrogen-bond acceptors (Lipinski definition) is 4. The van der Waals surface area contributed by atoms with Crippen LogP contribution in [0.15, 0.2) is 0 Å². The molecule has 1 atom stereocenters. The number of piperidine rings is 1. The summed E-state index contributed by atoms with van der Waals surface area (Å²) in [7, 11) is 0. The molecule has 0 spiro atoms. The van der Waals surface area contributed by atoms with Crippen LogP contribution in [0.3, 0.4) is 0 Å². The maximum absolute atomic E-state index is 11.8. The lowest BCUT2D eigenvalue weighted by molar-refractivity contribution is -0.143. The normalized spacial score (nSPS) is 25.4. The third kappa shape index (κ3) is 4.41. The molecule has 2 rings (SSSR count). The van der Waals surface area contributed by atoms with E-state index in [0.717, 1.165) is 45.3 Å². The fourth-order valence-corrected chi connectivity index (χ4v) is 3.47. The first-order chi connectivity index (χ1) is 9.97. The van der Waals surface area contributed by atoms with Crippen molar-refractivity contribution in [3.63, 3.8) is 0 Å². The number of likely N-dealkylation sites (tertiary alicyclic amines) is 2. The van der Waals surface area contributed by atoms with E-state index in [0.29, 0.717) is 12.6 Å². The Morgan fingerprint density at radius 2 is 1.86 bits per heavy atom. The van der Waals surface area contributed by atoms with Crippen molar-refractivity contribution in [1.82, 2.24) is 15.1 Å². The SMILES string of the molecule is CC(C)NC(=O)CN1CCC(N2CCCC2C(=O)O)CC1. The van der Waals surface area contributed by atoms with Crippen molar-refractivity contribution in [2.45, 2.75) is 57.7 Å². The zero-order valence-corrected chi connectivity index (χ0v) is 13.0. The van der Waals surface area contributed by atoms with Crippen LogP contribution in [0, 0.1) is 0 Å². The van der Waals surface area contributed by atoms with E-state index in [2.05, 4.69) is 15.1 Å². The van der Waals surface area contributed by atoms with Crippen LogP contribution in [-0.2, 0) is 9.59 Å². The van der Waals surface area contributed by atoms with Crippen molar-refractivity contribution in [3.05, 3.63) is 0 Å². The molecular weight excluding hydrogens is 270 g/mol. The molecule has 6 heteroatoms. The summed E-state index contributed by atoms with van der Waals surface area (Å²) in [6.07, 6.45) is 3.66. The predicted octanol–water partition coefficient (Wildman–Crippen LogP) is 0.524. The number of amides is 1. The highest BCUT2D eigenvalue weighted by Gasteiger charge is 2.36. The number of nitrogens with one attached hydrogen (secondary N) is 1. The number of rotatable bonds is 5. The monoisotopic (exact) mass is 297 g/mol.